The van der Waals surface area contributed by atoms with Crippen molar-refractivity contribution in [2.24, 2.45) is 5.92 Å². The number of benzene rings is 2. The Morgan fingerprint density at radius 1 is 1.12 bits per heavy atom. The molecule has 3 aromatic rings. The largest absolute Gasteiger partial charge is 0.484 e. The highest BCUT2D eigenvalue weighted by atomic mass is 35.5. The van der Waals surface area contributed by atoms with E-state index in [9.17, 15) is 14.0 Å². The Balaban J connectivity index is 1.20. The predicted octanol–water partition coefficient (Wildman–Crippen LogP) is 4.97. The molecule has 1 aromatic heterocycles. The van der Waals surface area contributed by atoms with Gasteiger partial charge in [0.15, 0.2) is 12.4 Å². The SMILES string of the molecule is O=C(COc1ccc(Cl)c(F)c1)NC1CCC(CNC(=O)c2cc3cc(Cl)ccc3o2)C1. The van der Waals surface area contributed by atoms with Crippen LogP contribution in [-0.2, 0) is 4.79 Å². The fourth-order valence-electron chi connectivity index (χ4n) is 3.83. The maximum absolute atomic E-state index is 13.4. The van der Waals surface area contributed by atoms with E-state index in [1.54, 1.807) is 24.3 Å². The molecular formula is C23H21Cl2FN2O4. The maximum Gasteiger partial charge on any atom is 0.287 e. The summed E-state index contributed by atoms with van der Waals surface area (Å²) in [6.07, 6.45) is 2.44. The van der Waals surface area contributed by atoms with Gasteiger partial charge in [-0.3, -0.25) is 9.59 Å². The van der Waals surface area contributed by atoms with Gasteiger partial charge < -0.3 is 19.8 Å². The fourth-order valence-corrected chi connectivity index (χ4v) is 4.12. The zero-order valence-electron chi connectivity index (χ0n) is 17.0. The molecule has 1 aliphatic rings. The summed E-state index contributed by atoms with van der Waals surface area (Å²) in [4.78, 5) is 24.6. The summed E-state index contributed by atoms with van der Waals surface area (Å²) in [6.45, 7) is 0.276. The van der Waals surface area contributed by atoms with E-state index in [1.807, 2.05) is 0 Å². The van der Waals surface area contributed by atoms with E-state index < -0.39 is 5.82 Å². The minimum atomic E-state index is -0.600. The molecule has 6 nitrogen and oxygen atoms in total. The lowest BCUT2D eigenvalue weighted by atomic mass is 10.1. The zero-order valence-corrected chi connectivity index (χ0v) is 18.5. The molecule has 2 aromatic carbocycles. The first kappa shape index (κ1) is 22.4. The normalized spacial score (nSPS) is 18.0. The van der Waals surface area contributed by atoms with Gasteiger partial charge in [0.05, 0.1) is 5.02 Å². The standard InChI is InChI=1S/C23H21Cl2FN2O4/c24-15-2-6-20-14(8-15)9-21(32-20)23(30)27-11-13-1-3-16(7-13)28-22(29)12-31-17-4-5-18(25)19(26)10-17/h2,4-6,8-10,13,16H,1,3,7,11-12H2,(H,27,30)(H,28,29). The summed E-state index contributed by atoms with van der Waals surface area (Å²) in [6, 6.07) is 10.9. The maximum atomic E-state index is 13.4. The number of rotatable bonds is 7. The summed E-state index contributed by atoms with van der Waals surface area (Å²) >= 11 is 11.6. The van der Waals surface area contributed by atoms with Crippen molar-refractivity contribution in [3.63, 3.8) is 0 Å². The number of fused-ring (bicyclic) bond motifs is 1. The van der Waals surface area contributed by atoms with Crippen molar-refractivity contribution in [2.75, 3.05) is 13.2 Å². The molecule has 0 saturated heterocycles. The van der Waals surface area contributed by atoms with Gasteiger partial charge in [0, 0.05) is 29.1 Å². The Morgan fingerprint density at radius 3 is 2.78 bits per heavy atom. The summed E-state index contributed by atoms with van der Waals surface area (Å²) in [5.41, 5.74) is 0.603. The highest BCUT2D eigenvalue weighted by Gasteiger charge is 2.26. The van der Waals surface area contributed by atoms with E-state index in [4.69, 9.17) is 32.4 Å². The zero-order chi connectivity index (χ0) is 22.7. The first-order chi connectivity index (χ1) is 15.4. The number of amides is 2. The third kappa shape index (κ3) is 5.53. The topological polar surface area (TPSA) is 80.6 Å². The molecular weight excluding hydrogens is 458 g/mol. The van der Waals surface area contributed by atoms with Crippen LogP contribution in [0.4, 0.5) is 4.39 Å². The second-order valence-corrected chi connectivity index (χ2v) is 8.65. The number of halogens is 3. The van der Waals surface area contributed by atoms with Crippen molar-refractivity contribution in [1.82, 2.24) is 10.6 Å². The summed E-state index contributed by atoms with van der Waals surface area (Å²) < 4.78 is 24.3. The average Bonchev–Trinajstić information content (AvgIpc) is 3.39. The average molecular weight is 479 g/mol. The van der Waals surface area contributed by atoms with E-state index in [0.29, 0.717) is 17.2 Å². The molecule has 1 fully saturated rings. The number of nitrogens with one attached hydrogen (secondary N) is 2. The molecule has 2 amide bonds. The smallest absolute Gasteiger partial charge is 0.287 e. The van der Waals surface area contributed by atoms with Crippen LogP contribution >= 0.6 is 23.2 Å². The Kier molecular flexibility index (Phi) is 6.86. The monoisotopic (exact) mass is 478 g/mol. The Labute approximate surface area is 194 Å². The summed E-state index contributed by atoms with van der Waals surface area (Å²) in [5, 5.41) is 7.17. The van der Waals surface area contributed by atoms with Gasteiger partial charge in [-0.05, 0) is 61.6 Å². The van der Waals surface area contributed by atoms with Gasteiger partial charge >= 0.3 is 0 Å². The van der Waals surface area contributed by atoms with Crippen LogP contribution in [0.5, 0.6) is 5.75 Å². The molecule has 32 heavy (non-hydrogen) atoms. The summed E-state index contributed by atoms with van der Waals surface area (Å²) in [5.74, 6) is -0.446. The van der Waals surface area contributed by atoms with Gasteiger partial charge in [0.25, 0.3) is 11.8 Å². The highest BCUT2D eigenvalue weighted by molar-refractivity contribution is 6.31. The Hall–Kier alpha value is -2.77. The lowest BCUT2D eigenvalue weighted by molar-refractivity contribution is -0.123. The van der Waals surface area contributed by atoms with Gasteiger partial charge in [0.1, 0.15) is 17.1 Å². The van der Waals surface area contributed by atoms with Crippen molar-refractivity contribution in [1.29, 1.82) is 0 Å². The van der Waals surface area contributed by atoms with Gasteiger partial charge in [0.2, 0.25) is 0 Å². The number of furan rings is 1. The molecule has 0 bridgehead atoms. The Bertz CT molecular complexity index is 1150. The van der Waals surface area contributed by atoms with Crippen molar-refractivity contribution in [2.45, 2.75) is 25.3 Å². The van der Waals surface area contributed by atoms with Crippen LogP contribution in [-0.4, -0.2) is 31.0 Å². The van der Waals surface area contributed by atoms with Crippen LogP contribution in [0.2, 0.25) is 10.0 Å². The van der Waals surface area contributed by atoms with Gasteiger partial charge in [-0.1, -0.05) is 23.2 Å². The second kappa shape index (κ2) is 9.79. The number of ether oxygens (including phenoxy) is 1. The fraction of sp³-hybridized carbons (Fsp3) is 0.304. The van der Waals surface area contributed by atoms with Gasteiger partial charge in [-0.15, -0.1) is 0 Å². The molecule has 1 aliphatic carbocycles. The lowest BCUT2D eigenvalue weighted by Crippen LogP contribution is -2.37. The third-order valence-electron chi connectivity index (χ3n) is 5.42. The van der Waals surface area contributed by atoms with Crippen LogP contribution in [0.15, 0.2) is 46.9 Å². The molecule has 2 N–H and O–H groups in total. The molecule has 0 aliphatic heterocycles. The van der Waals surface area contributed by atoms with Crippen molar-refractivity contribution in [3.8, 4) is 5.75 Å². The van der Waals surface area contributed by atoms with Crippen LogP contribution < -0.4 is 15.4 Å². The minimum absolute atomic E-state index is 0.00305. The molecule has 168 valence electrons. The molecule has 1 saturated carbocycles. The second-order valence-electron chi connectivity index (χ2n) is 7.81. The van der Waals surface area contributed by atoms with Crippen LogP contribution in [0.25, 0.3) is 11.0 Å². The molecule has 4 rings (SSSR count). The molecule has 0 spiro atoms. The molecule has 2 unspecified atom stereocenters. The van der Waals surface area contributed by atoms with E-state index in [2.05, 4.69) is 10.6 Å². The van der Waals surface area contributed by atoms with E-state index in [0.717, 1.165) is 30.7 Å². The Morgan fingerprint density at radius 2 is 1.97 bits per heavy atom. The minimum Gasteiger partial charge on any atom is -0.484 e. The first-order valence-electron chi connectivity index (χ1n) is 10.2. The summed E-state index contributed by atoms with van der Waals surface area (Å²) in [7, 11) is 0. The third-order valence-corrected chi connectivity index (χ3v) is 5.96. The lowest BCUT2D eigenvalue weighted by Gasteiger charge is -2.14. The number of hydrogen-bond donors (Lipinski definition) is 2. The van der Waals surface area contributed by atoms with Crippen molar-refractivity contribution in [3.05, 3.63) is 64.1 Å². The van der Waals surface area contributed by atoms with Gasteiger partial charge in [-0.2, -0.15) is 0 Å². The quantitative estimate of drug-likeness (QED) is 0.502. The first-order valence-corrected chi connectivity index (χ1v) is 11.0. The van der Waals surface area contributed by atoms with Gasteiger partial charge in [-0.25, -0.2) is 4.39 Å². The highest BCUT2D eigenvalue weighted by Crippen LogP contribution is 2.26. The predicted molar refractivity (Wildman–Crippen MR) is 120 cm³/mol. The number of hydrogen-bond acceptors (Lipinski definition) is 4. The van der Waals surface area contributed by atoms with Crippen LogP contribution in [0.1, 0.15) is 29.8 Å². The number of carbonyl (C=O) groups is 2. The number of carbonyl (C=O) groups excluding carboxylic acids is 2. The van der Waals surface area contributed by atoms with E-state index >= 15 is 0 Å². The van der Waals surface area contributed by atoms with E-state index in [1.165, 1.54) is 12.1 Å². The molecule has 1 heterocycles. The molecule has 9 heteroatoms. The van der Waals surface area contributed by atoms with Crippen molar-refractivity contribution < 1.29 is 23.1 Å². The molecule has 0 radical (unpaired) electrons. The van der Waals surface area contributed by atoms with Crippen molar-refractivity contribution >= 4 is 46.0 Å². The molecule has 2 atom stereocenters. The van der Waals surface area contributed by atoms with E-state index in [-0.39, 0.29) is 46.9 Å². The van der Waals surface area contributed by atoms with Crippen LogP contribution in [0, 0.1) is 11.7 Å². The van der Waals surface area contributed by atoms with Crippen LogP contribution in [0.3, 0.4) is 0 Å².